The van der Waals surface area contributed by atoms with E-state index in [-0.39, 0.29) is 0 Å². The highest BCUT2D eigenvalue weighted by molar-refractivity contribution is 5.80. The van der Waals surface area contributed by atoms with Crippen LogP contribution < -0.4 is 5.32 Å². The van der Waals surface area contributed by atoms with Crippen LogP contribution in [-0.2, 0) is 13.1 Å². The highest BCUT2D eigenvalue weighted by Gasteiger charge is 2.04. The fraction of sp³-hybridized carbons (Fsp3) is 0.278. The molecule has 21 heavy (non-hydrogen) atoms. The van der Waals surface area contributed by atoms with Crippen LogP contribution in [0, 0.1) is 6.92 Å². The number of aryl methyl sites for hydroxylation is 1. The Morgan fingerprint density at radius 2 is 2.05 bits per heavy atom. The van der Waals surface area contributed by atoms with Gasteiger partial charge in [-0.2, -0.15) is 0 Å². The predicted octanol–water partition coefficient (Wildman–Crippen LogP) is 3.50. The Hall–Kier alpha value is -2.13. The van der Waals surface area contributed by atoms with E-state index >= 15 is 0 Å². The molecule has 3 aromatic rings. The molecule has 0 radical (unpaired) electrons. The van der Waals surface area contributed by atoms with Crippen molar-refractivity contribution >= 4 is 10.9 Å². The van der Waals surface area contributed by atoms with Crippen molar-refractivity contribution in [2.45, 2.75) is 26.9 Å². The van der Waals surface area contributed by atoms with E-state index in [2.05, 4.69) is 64.4 Å². The van der Waals surface area contributed by atoms with Crippen LogP contribution in [0.4, 0.5) is 0 Å². The average molecular weight is 279 g/mol. The van der Waals surface area contributed by atoms with E-state index in [1.54, 1.807) is 0 Å². The summed E-state index contributed by atoms with van der Waals surface area (Å²) in [6.07, 6.45) is 2.14. The van der Waals surface area contributed by atoms with E-state index in [0.717, 1.165) is 31.0 Å². The molecule has 2 heterocycles. The van der Waals surface area contributed by atoms with Gasteiger partial charge in [-0.3, -0.25) is 4.98 Å². The number of nitrogens with zero attached hydrogens (tertiary/aromatic N) is 2. The van der Waals surface area contributed by atoms with Gasteiger partial charge in [0.1, 0.15) is 0 Å². The summed E-state index contributed by atoms with van der Waals surface area (Å²) in [5.74, 6) is 0. The molecular formula is C18H21N3. The van der Waals surface area contributed by atoms with Crippen molar-refractivity contribution in [2.24, 2.45) is 0 Å². The molecule has 0 unspecified atom stereocenters. The molecule has 108 valence electrons. The van der Waals surface area contributed by atoms with Crippen LogP contribution in [-0.4, -0.2) is 16.1 Å². The van der Waals surface area contributed by atoms with Gasteiger partial charge in [0.25, 0.3) is 0 Å². The maximum Gasteiger partial charge on any atom is 0.0648 e. The van der Waals surface area contributed by atoms with Crippen molar-refractivity contribution in [1.82, 2.24) is 14.9 Å². The normalized spacial score (nSPS) is 11.1. The van der Waals surface area contributed by atoms with Gasteiger partial charge in [-0.15, -0.1) is 0 Å². The predicted molar refractivity (Wildman–Crippen MR) is 87.4 cm³/mol. The third-order valence-corrected chi connectivity index (χ3v) is 3.70. The summed E-state index contributed by atoms with van der Waals surface area (Å²) in [6.45, 7) is 6.89. The van der Waals surface area contributed by atoms with Crippen LogP contribution in [0.1, 0.15) is 23.9 Å². The highest BCUT2D eigenvalue weighted by Crippen LogP contribution is 2.19. The van der Waals surface area contributed by atoms with Gasteiger partial charge in [-0.05, 0) is 48.7 Å². The molecule has 0 aliphatic heterocycles. The Morgan fingerprint density at radius 3 is 2.86 bits per heavy atom. The minimum atomic E-state index is 0.815. The smallest absolute Gasteiger partial charge is 0.0648 e. The van der Waals surface area contributed by atoms with Gasteiger partial charge in [-0.1, -0.05) is 25.1 Å². The second kappa shape index (κ2) is 6.10. The van der Waals surface area contributed by atoms with E-state index in [9.17, 15) is 0 Å². The first-order chi connectivity index (χ1) is 10.3. The maximum atomic E-state index is 4.59. The van der Waals surface area contributed by atoms with E-state index in [1.165, 1.54) is 16.5 Å². The lowest BCUT2D eigenvalue weighted by atomic mass is 10.1. The molecule has 3 nitrogen and oxygen atoms in total. The first-order valence-electron chi connectivity index (χ1n) is 7.47. The number of benzene rings is 1. The molecule has 0 saturated carbocycles. The lowest BCUT2D eigenvalue weighted by molar-refractivity contribution is 0.726. The van der Waals surface area contributed by atoms with Crippen LogP contribution >= 0.6 is 0 Å². The van der Waals surface area contributed by atoms with Gasteiger partial charge in [0, 0.05) is 24.0 Å². The number of nitrogens with one attached hydrogen (secondary N) is 1. The molecule has 3 heteroatoms. The van der Waals surface area contributed by atoms with Gasteiger partial charge in [0.2, 0.25) is 0 Å². The van der Waals surface area contributed by atoms with Crippen molar-refractivity contribution in [3.8, 4) is 0 Å². The maximum absolute atomic E-state index is 4.59. The topological polar surface area (TPSA) is 29.9 Å². The average Bonchev–Trinajstić information content (AvgIpc) is 2.88. The fourth-order valence-electron chi connectivity index (χ4n) is 2.61. The number of aromatic nitrogens is 2. The first-order valence-corrected chi connectivity index (χ1v) is 7.47. The van der Waals surface area contributed by atoms with Crippen molar-refractivity contribution in [2.75, 3.05) is 6.54 Å². The van der Waals surface area contributed by atoms with Crippen LogP contribution in [0.25, 0.3) is 10.9 Å². The standard InChI is InChI=1S/C18H21N3/c1-3-19-12-15-7-8-16-9-10-21(18(16)11-15)13-17-6-4-5-14(2)20-17/h4-11,19H,3,12-13H2,1-2H3. The summed E-state index contributed by atoms with van der Waals surface area (Å²) < 4.78 is 2.27. The molecule has 2 aromatic heterocycles. The van der Waals surface area contributed by atoms with Gasteiger partial charge in [0.05, 0.1) is 12.2 Å². The molecule has 1 aromatic carbocycles. The summed E-state index contributed by atoms with van der Waals surface area (Å²) in [4.78, 5) is 4.59. The molecule has 0 fully saturated rings. The Bertz CT molecular complexity index is 743. The summed E-state index contributed by atoms with van der Waals surface area (Å²) in [6, 6.07) is 15.0. The summed E-state index contributed by atoms with van der Waals surface area (Å²) in [5, 5.41) is 4.66. The monoisotopic (exact) mass is 279 g/mol. The zero-order valence-electron chi connectivity index (χ0n) is 12.6. The minimum absolute atomic E-state index is 0.815. The molecule has 0 aliphatic rings. The quantitative estimate of drug-likeness (QED) is 0.774. The summed E-state index contributed by atoms with van der Waals surface area (Å²) >= 11 is 0. The van der Waals surface area contributed by atoms with Crippen molar-refractivity contribution in [3.05, 3.63) is 65.6 Å². The van der Waals surface area contributed by atoms with E-state index in [1.807, 2.05) is 13.0 Å². The summed E-state index contributed by atoms with van der Waals surface area (Å²) in [7, 11) is 0. The Morgan fingerprint density at radius 1 is 1.14 bits per heavy atom. The molecule has 0 aliphatic carbocycles. The summed E-state index contributed by atoms with van der Waals surface area (Å²) in [5.41, 5.74) is 4.76. The lowest BCUT2D eigenvalue weighted by Gasteiger charge is -2.08. The van der Waals surface area contributed by atoms with Gasteiger partial charge in [-0.25, -0.2) is 0 Å². The largest absolute Gasteiger partial charge is 0.341 e. The highest BCUT2D eigenvalue weighted by atomic mass is 15.0. The van der Waals surface area contributed by atoms with Gasteiger partial charge >= 0.3 is 0 Å². The van der Waals surface area contributed by atoms with Crippen LogP contribution in [0.15, 0.2) is 48.7 Å². The van der Waals surface area contributed by atoms with Gasteiger partial charge < -0.3 is 9.88 Å². The second-order valence-electron chi connectivity index (χ2n) is 5.39. The van der Waals surface area contributed by atoms with Crippen molar-refractivity contribution in [3.63, 3.8) is 0 Å². The molecular weight excluding hydrogens is 258 g/mol. The van der Waals surface area contributed by atoms with E-state index in [0.29, 0.717) is 0 Å². The SMILES string of the molecule is CCNCc1ccc2ccn(Cc3cccc(C)n3)c2c1. The van der Waals surface area contributed by atoms with Crippen LogP contribution in [0.3, 0.4) is 0 Å². The third-order valence-electron chi connectivity index (χ3n) is 3.70. The van der Waals surface area contributed by atoms with Gasteiger partial charge in [0.15, 0.2) is 0 Å². The van der Waals surface area contributed by atoms with E-state index in [4.69, 9.17) is 0 Å². The van der Waals surface area contributed by atoms with Crippen molar-refractivity contribution < 1.29 is 0 Å². The third kappa shape index (κ3) is 3.14. The number of hydrogen-bond acceptors (Lipinski definition) is 2. The molecule has 0 atom stereocenters. The Kier molecular flexibility index (Phi) is 4.02. The number of rotatable bonds is 5. The number of fused-ring (bicyclic) bond motifs is 1. The zero-order chi connectivity index (χ0) is 14.7. The lowest BCUT2D eigenvalue weighted by Crippen LogP contribution is -2.11. The molecule has 0 saturated heterocycles. The molecule has 0 bridgehead atoms. The zero-order valence-corrected chi connectivity index (χ0v) is 12.6. The molecule has 0 spiro atoms. The molecule has 0 amide bonds. The second-order valence-corrected chi connectivity index (χ2v) is 5.39. The van der Waals surface area contributed by atoms with Crippen LogP contribution in [0.5, 0.6) is 0 Å². The minimum Gasteiger partial charge on any atom is -0.341 e. The Balaban J connectivity index is 1.91. The molecule has 1 N–H and O–H groups in total. The molecule has 3 rings (SSSR count). The van der Waals surface area contributed by atoms with Crippen molar-refractivity contribution in [1.29, 1.82) is 0 Å². The number of hydrogen-bond donors (Lipinski definition) is 1. The fourth-order valence-corrected chi connectivity index (χ4v) is 2.61. The number of pyridine rings is 1. The van der Waals surface area contributed by atoms with Crippen LogP contribution in [0.2, 0.25) is 0 Å². The Labute approximate surface area is 125 Å². The first kappa shape index (κ1) is 13.8. The van der Waals surface area contributed by atoms with E-state index < -0.39 is 0 Å².